The van der Waals surface area contributed by atoms with Crippen LogP contribution in [0.3, 0.4) is 0 Å². The number of amides is 1. The van der Waals surface area contributed by atoms with Crippen LogP contribution in [0.2, 0.25) is 0 Å². The summed E-state index contributed by atoms with van der Waals surface area (Å²) >= 11 is 0. The summed E-state index contributed by atoms with van der Waals surface area (Å²) in [6.45, 7) is 8.59. The fourth-order valence-electron chi connectivity index (χ4n) is 4.68. The highest BCUT2D eigenvalue weighted by atomic mass is 35.5. The predicted octanol–water partition coefficient (Wildman–Crippen LogP) is -1.63. The van der Waals surface area contributed by atoms with Crippen molar-refractivity contribution < 1.29 is 23.7 Å². The minimum Gasteiger partial charge on any atom is -0.378 e. The van der Waals surface area contributed by atoms with E-state index in [4.69, 9.17) is 46.8 Å². The van der Waals surface area contributed by atoms with Crippen molar-refractivity contribution in [1.29, 1.82) is 0 Å². The van der Waals surface area contributed by atoms with Gasteiger partial charge in [-0.15, -0.1) is 23.9 Å². The van der Waals surface area contributed by atoms with Crippen molar-refractivity contribution in [2.24, 2.45) is 16.5 Å². The van der Waals surface area contributed by atoms with Crippen molar-refractivity contribution in [2.45, 2.75) is 19.4 Å². The van der Waals surface area contributed by atoms with E-state index in [-0.39, 0.29) is 37.4 Å². The lowest BCUT2D eigenvalue weighted by Crippen LogP contribution is -2.50. The van der Waals surface area contributed by atoms with Gasteiger partial charge >= 0.3 is 0 Å². The monoisotopic (exact) mass is 679 g/mol. The summed E-state index contributed by atoms with van der Waals surface area (Å²) in [6, 6.07) is 0. The number of nitrogens with two attached hydrogens (primary N) is 2. The minimum absolute atomic E-state index is 0. The first-order valence-electron chi connectivity index (χ1n) is 15.5. The van der Waals surface area contributed by atoms with Gasteiger partial charge in [-0.1, -0.05) is 11.1 Å². The number of carbonyl (C=O) groups is 1. The van der Waals surface area contributed by atoms with Crippen LogP contribution in [-0.4, -0.2) is 152 Å². The van der Waals surface area contributed by atoms with Gasteiger partial charge in [0.1, 0.15) is 13.2 Å². The fourth-order valence-corrected chi connectivity index (χ4v) is 4.68. The summed E-state index contributed by atoms with van der Waals surface area (Å²) in [5.74, 6) is 4.08. The van der Waals surface area contributed by atoms with Crippen molar-refractivity contribution in [1.82, 2.24) is 34.8 Å². The zero-order chi connectivity index (χ0) is 32.4. The lowest BCUT2D eigenvalue weighted by atomic mass is 10.2. The second-order valence-electron chi connectivity index (χ2n) is 10.5. The van der Waals surface area contributed by atoms with E-state index in [0.29, 0.717) is 123 Å². The molecule has 47 heavy (non-hydrogen) atoms. The predicted molar refractivity (Wildman–Crippen MR) is 178 cm³/mol. The molecule has 2 aliphatic rings. The Morgan fingerprint density at radius 3 is 2.30 bits per heavy atom. The molecule has 5 N–H and O–H groups in total. The average Bonchev–Trinajstić information content (AvgIpc) is 3.52. The Morgan fingerprint density at radius 2 is 1.62 bits per heavy atom. The Labute approximate surface area is 280 Å². The molecule has 0 saturated carbocycles. The number of terminal acetylenes is 1. The second kappa shape index (κ2) is 21.0. The molecule has 2 aromatic heterocycles. The van der Waals surface area contributed by atoms with Gasteiger partial charge < -0.3 is 50.4 Å². The van der Waals surface area contributed by atoms with Crippen molar-refractivity contribution in [3.8, 4) is 12.3 Å². The average molecular weight is 680 g/mol. The third kappa shape index (κ3) is 13.3. The van der Waals surface area contributed by atoms with Gasteiger partial charge in [-0.2, -0.15) is 15.0 Å². The fraction of sp³-hybridized carbons (Fsp3) is 0.679. The van der Waals surface area contributed by atoms with E-state index in [9.17, 15) is 4.79 Å². The number of aliphatic imine (C=N–C) groups is 1. The highest BCUT2D eigenvalue weighted by Crippen LogP contribution is 2.19. The maximum absolute atomic E-state index is 13.0. The number of piperazine rings is 1. The number of nitrogens with zero attached hydrogens (tertiary/aromatic N) is 10. The molecule has 260 valence electrons. The molecule has 0 atom stereocenters. The molecule has 19 heteroatoms. The summed E-state index contributed by atoms with van der Waals surface area (Å²) < 4.78 is 23.3. The number of rotatable bonds is 19. The molecule has 2 fully saturated rings. The van der Waals surface area contributed by atoms with E-state index in [2.05, 4.69) is 41.3 Å². The van der Waals surface area contributed by atoms with Crippen LogP contribution < -0.4 is 26.6 Å². The minimum atomic E-state index is -0.0220. The summed E-state index contributed by atoms with van der Waals surface area (Å²) in [7, 11) is 0. The number of ether oxygens (including phenoxy) is 4. The van der Waals surface area contributed by atoms with Crippen molar-refractivity contribution in [2.75, 3.05) is 120 Å². The number of halogens is 1. The molecular weight excluding hydrogens is 634 g/mol. The number of carbonyl (C=O) groups excluding carboxylic acids is 1. The normalized spacial score (nSPS) is 14.7. The number of hydrogen-bond acceptors (Lipinski definition) is 14. The number of morpholine rings is 1. The van der Waals surface area contributed by atoms with Crippen molar-refractivity contribution >= 4 is 42.1 Å². The molecule has 18 nitrogen and oxygen atoms in total. The summed E-state index contributed by atoms with van der Waals surface area (Å²) in [4.78, 5) is 37.1. The van der Waals surface area contributed by atoms with Crippen LogP contribution >= 0.6 is 12.4 Å². The maximum atomic E-state index is 13.0. The van der Waals surface area contributed by atoms with Crippen LogP contribution in [0.15, 0.2) is 11.2 Å². The Balaban J connectivity index is 0.00000600. The summed E-state index contributed by atoms with van der Waals surface area (Å²) in [5.41, 5.74) is 11.5. The Hall–Kier alpha value is -4.02. The molecule has 1 amide bonds. The van der Waals surface area contributed by atoms with Crippen LogP contribution in [0.25, 0.3) is 0 Å². The van der Waals surface area contributed by atoms with Crippen LogP contribution in [0.4, 0.5) is 17.8 Å². The topological polar surface area (TPSA) is 210 Å². The Kier molecular flexibility index (Phi) is 16.7. The molecule has 0 radical (unpaired) electrons. The van der Waals surface area contributed by atoms with Gasteiger partial charge in [0, 0.05) is 58.6 Å². The van der Waals surface area contributed by atoms with Crippen LogP contribution in [-0.2, 0) is 36.7 Å². The molecule has 2 aliphatic heterocycles. The van der Waals surface area contributed by atoms with Crippen LogP contribution in [0.5, 0.6) is 0 Å². The largest absolute Gasteiger partial charge is 0.378 e. The van der Waals surface area contributed by atoms with E-state index in [1.165, 1.54) is 0 Å². The standard InChI is InChI=1S/C28H45N13O5.ClH/c1-2-13-43-17-19-46-20-18-44-14-6-32-26-33-27(35-28(34-26)40-11-15-45-16-12-40)39-9-7-38(8-10-39)24(42)22-41-21-23(36-37-41)4-3-5-31-25(29)30;/h1,21H,3-20,22H2,(H4,29,30,31)(H,32,33,34,35);1H. The molecule has 2 aromatic rings. The number of aryl methyl sites for hydroxylation is 1. The zero-order valence-corrected chi connectivity index (χ0v) is 27.5. The number of hydrogen-bond donors (Lipinski definition) is 3. The maximum Gasteiger partial charge on any atom is 0.244 e. The third-order valence-corrected chi connectivity index (χ3v) is 7.05. The molecule has 0 spiro atoms. The van der Waals surface area contributed by atoms with Gasteiger partial charge in [0.05, 0.1) is 51.9 Å². The first kappa shape index (κ1) is 37.4. The lowest BCUT2D eigenvalue weighted by Gasteiger charge is -2.35. The molecule has 0 unspecified atom stereocenters. The number of guanidine groups is 1. The number of nitrogens with one attached hydrogen (secondary N) is 1. The second-order valence-corrected chi connectivity index (χ2v) is 10.5. The van der Waals surface area contributed by atoms with Crippen LogP contribution in [0, 0.1) is 12.3 Å². The Morgan fingerprint density at radius 1 is 0.957 bits per heavy atom. The van der Waals surface area contributed by atoms with Gasteiger partial charge in [0.2, 0.25) is 23.8 Å². The van der Waals surface area contributed by atoms with Gasteiger partial charge in [-0.05, 0) is 12.8 Å². The van der Waals surface area contributed by atoms with Crippen molar-refractivity contribution in [3.05, 3.63) is 11.9 Å². The summed E-state index contributed by atoms with van der Waals surface area (Å²) in [6.07, 6.45) is 8.34. The van der Waals surface area contributed by atoms with E-state index in [1.54, 1.807) is 10.9 Å². The molecule has 0 bridgehead atoms. The quantitative estimate of drug-likeness (QED) is 0.0659. The molecule has 0 aliphatic carbocycles. The Bertz CT molecular complexity index is 1280. The summed E-state index contributed by atoms with van der Waals surface area (Å²) in [5, 5.41) is 11.5. The van der Waals surface area contributed by atoms with Gasteiger partial charge in [-0.3, -0.25) is 9.79 Å². The lowest BCUT2D eigenvalue weighted by molar-refractivity contribution is -0.132. The van der Waals surface area contributed by atoms with Gasteiger partial charge in [-0.25, -0.2) is 4.68 Å². The number of aromatic nitrogens is 6. The first-order valence-corrected chi connectivity index (χ1v) is 15.5. The van der Waals surface area contributed by atoms with Crippen molar-refractivity contribution in [3.63, 3.8) is 0 Å². The third-order valence-electron chi connectivity index (χ3n) is 7.05. The van der Waals surface area contributed by atoms with E-state index >= 15 is 0 Å². The highest BCUT2D eigenvalue weighted by Gasteiger charge is 2.25. The molecular formula is C28H46ClN13O5. The van der Waals surface area contributed by atoms with E-state index in [1.807, 2.05) is 4.90 Å². The first-order chi connectivity index (χ1) is 22.5. The molecule has 4 rings (SSSR count). The van der Waals surface area contributed by atoms with E-state index < -0.39 is 0 Å². The molecule has 0 aromatic carbocycles. The van der Waals surface area contributed by atoms with Gasteiger partial charge in [0.25, 0.3) is 0 Å². The zero-order valence-electron chi connectivity index (χ0n) is 26.7. The van der Waals surface area contributed by atoms with Crippen LogP contribution in [0.1, 0.15) is 12.1 Å². The molecule has 2 saturated heterocycles. The van der Waals surface area contributed by atoms with Gasteiger partial charge in [0.15, 0.2) is 5.96 Å². The molecule has 4 heterocycles. The number of anilines is 3. The smallest absolute Gasteiger partial charge is 0.244 e. The SMILES string of the molecule is C#CCOCCOCCOCCNc1nc(N2CCOCC2)nc(N2CCN(C(=O)Cn3cc(CCCN=C(N)N)nn3)CC2)n1.Cl. The highest BCUT2D eigenvalue weighted by molar-refractivity contribution is 5.85. The van der Waals surface area contributed by atoms with E-state index in [0.717, 1.165) is 12.1 Å².